The van der Waals surface area contributed by atoms with Gasteiger partial charge >= 0.3 is 6.09 Å². The van der Waals surface area contributed by atoms with E-state index in [1.54, 1.807) is 7.11 Å². The number of methoxy groups -OCH3 is 2. The minimum Gasteiger partial charge on any atom is -0.453 e. The van der Waals surface area contributed by atoms with Gasteiger partial charge in [-0.15, -0.1) is 0 Å². The number of nitrogens with one attached hydrogen (secondary N) is 1. The Morgan fingerprint density at radius 1 is 1.29 bits per heavy atom. The number of alkyl carbamates (subject to hydrolysis) is 1. The third kappa shape index (κ3) is 2.42. The summed E-state index contributed by atoms with van der Waals surface area (Å²) in [6, 6.07) is 8.26. The van der Waals surface area contributed by atoms with E-state index in [0.717, 1.165) is 12.8 Å². The van der Waals surface area contributed by atoms with Crippen molar-refractivity contribution < 1.29 is 14.3 Å². The lowest BCUT2D eigenvalue weighted by Crippen LogP contribution is -2.45. The topological polar surface area (TPSA) is 47.6 Å². The normalized spacial score (nSPS) is 16.4. The standard InChI is InChI=1S/C13H17NO3/c1-16-12(15)14-9-13(17-2)7-10-5-3-4-6-11(10)8-13/h3-6H,7-9H2,1-2H3,(H,14,15). The molecule has 1 aromatic carbocycles. The molecule has 0 aliphatic heterocycles. The monoisotopic (exact) mass is 235 g/mol. The van der Waals surface area contributed by atoms with Gasteiger partial charge in [-0.1, -0.05) is 24.3 Å². The van der Waals surface area contributed by atoms with Gasteiger partial charge in [0.05, 0.1) is 19.3 Å². The van der Waals surface area contributed by atoms with Crippen LogP contribution in [-0.4, -0.2) is 32.5 Å². The fraction of sp³-hybridized carbons (Fsp3) is 0.462. The number of fused-ring (bicyclic) bond motifs is 1. The molecular weight excluding hydrogens is 218 g/mol. The van der Waals surface area contributed by atoms with Gasteiger partial charge in [0, 0.05) is 20.0 Å². The maximum atomic E-state index is 11.1. The SMILES string of the molecule is COC(=O)NCC1(OC)Cc2ccccc2C1. The maximum absolute atomic E-state index is 11.1. The first-order chi connectivity index (χ1) is 8.19. The van der Waals surface area contributed by atoms with Gasteiger partial charge in [0.1, 0.15) is 0 Å². The number of amides is 1. The molecule has 1 aliphatic carbocycles. The molecule has 1 N–H and O–H groups in total. The summed E-state index contributed by atoms with van der Waals surface area (Å²) in [7, 11) is 3.04. The summed E-state index contributed by atoms with van der Waals surface area (Å²) in [5, 5.41) is 2.71. The first-order valence-electron chi connectivity index (χ1n) is 5.63. The van der Waals surface area contributed by atoms with Crippen molar-refractivity contribution >= 4 is 6.09 Å². The van der Waals surface area contributed by atoms with Crippen molar-refractivity contribution in [1.82, 2.24) is 5.32 Å². The maximum Gasteiger partial charge on any atom is 0.406 e. The largest absolute Gasteiger partial charge is 0.453 e. The van der Waals surface area contributed by atoms with Gasteiger partial charge in [0.15, 0.2) is 0 Å². The molecule has 1 aliphatic rings. The molecule has 0 fully saturated rings. The molecule has 4 nitrogen and oxygen atoms in total. The van der Waals surface area contributed by atoms with Crippen molar-refractivity contribution in [2.24, 2.45) is 0 Å². The van der Waals surface area contributed by atoms with Gasteiger partial charge in [-0.3, -0.25) is 0 Å². The predicted octanol–water partition coefficient (Wildman–Crippen LogP) is 1.53. The third-order valence-electron chi connectivity index (χ3n) is 3.32. The Labute approximate surface area is 101 Å². The first kappa shape index (κ1) is 11.9. The fourth-order valence-corrected chi connectivity index (χ4v) is 2.31. The van der Waals surface area contributed by atoms with E-state index in [9.17, 15) is 4.79 Å². The zero-order valence-corrected chi connectivity index (χ0v) is 10.2. The molecular formula is C13H17NO3. The van der Waals surface area contributed by atoms with E-state index in [1.165, 1.54) is 18.2 Å². The Balaban J connectivity index is 2.07. The summed E-state index contributed by atoms with van der Waals surface area (Å²) >= 11 is 0. The molecule has 0 atom stereocenters. The van der Waals surface area contributed by atoms with Gasteiger partial charge in [-0.2, -0.15) is 0 Å². The third-order valence-corrected chi connectivity index (χ3v) is 3.32. The molecule has 17 heavy (non-hydrogen) atoms. The Kier molecular flexibility index (Phi) is 3.33. The lowest BCUT2D eigenvalue weighted by Gasteiger charge is -2.27. The predicted molar refractivity (Wildman–Crippen MR) is 64.0 cm³/mol. The van der Waals surface area contributed by atoms with Crippen LogP contribution in [0.15, 0.2) is 24.3 Å². The lowest BCUT2D eigenvalue weighted by molar-refractivity contribution is -0.0000564. The molecule has 1 amide bonds. The van der Waals surface area contributed by atoms with Crippen molar-refractivity contribution in [2.75, 3.05) is 20.8 Å². The van der Waals surface area contributed by atoms with Crippen LogP contribution < -0.4 is 5.32 Å². The Morgan fingerprint density at radius 3 is 2.35 bits per heavy atom. The van der Waals surface area contributed by atoms with Crippen molar-refractivity contribution in [3.63, 3.8) is 0 Å². The van der Waals surface area contributed by atoms with Crippen LogP contribution in [0.5, 0.6) is 0 Å². The molecule has 0 bridgehead atoms. The van der Waals surface area contributed by atoms with Gasteiger partial charge in [-0.25, -0.2) is 4.79 Å². The molecule has 0 heterocycles. The molecule has 0 unspecified atom stereocenters. The van der Waals surface area contributed by atoms with E-state index >= 15 is 0 Å². The van der Waals surface area contributed by atoms with Crippen molar-refractivity contribution in [2.45, 2.75) is 18.4 Å². The van der Waals surface area contributed by atoms with E-state index in [0.29, 0.717) is 6.54 Å². The molecule has 0 radical (unpaired) electrons. The first-order valence-corrected chi connectivity index (χ1v) is 5.63. The van der Waals surface area contributed by atoms with E-state index < -0.39 is 6.09 Å². The van der Waals surface area contributed by atoms with Gasteiger partial charge in [0.25, 0.3) is 0 Å². The second-order valence-electron chi connectivity index (χ2n) is 4.35. The summed E-state index contributed by atoms with van der Waals surface area (Å²) in [4.78, 5) is 11.1. The average Bonchev–Trinajstić information content (AvgIpc) is 2.75. The Bertz CT molecular complexity index is 392. The summed E-state index contributed by atoms with van der Waals surface area (Å²) in [6.45, 7) is 0.463. The van der Waals surface area contributed by atoms with Crippen molar-refractivity contribution in [3.8, 4) is 0 Å². The van der Waals surface area contributed by atoms with Crippen LogP contribution in [0.4, 0.5) is 4.79 Å². The van der Waals surface area contributed by atoms with Crippen LogP contribution in [0.2, 0.25) is 0 Å². The number of carbonyl (C=O) groups is 1. The molecule has 4 heteroatoms. The highest BCUT2D eigenvalue weighted by atomic mass is 16.5. The van der Waals surface area contributed by atoms with Crippen molar-refractivity contribution in [3.05, 3.63) is 35.4 Å². The number of rotatable bonds is 3. The molecule has 0 aromatic heterocycles. The Morgan fingerprint density at radius 2 is 1.88 bits per heavy atom. The van der Waals surface area contributed by atoms with Gasteiger partial charge in [0.2, 0.25) is 0 Å². The minimum absolute atomic E-state index is 0.335. The van der Waals surface area contributed by atoms with Crippen LogP contribution in [-0.2, 0) is 22.3 Å². The summed E-state index contributed by atoms with van der Waals surface area (Å²) < 4.78 is 10.2. The minimum atomic E-state index is -0.419. The number of ether oxygens (including phenoxy) is 2. The lowest BCUT2D eigenvalue weighted by atomic mass is 10.0. The van der Waals surface area contributed by atoms with Crippen molar-refractivity contribution in [1.29, 1.82) is 0 Å². The second kappa shape index (κ2) is 4.75. The molecule has 0 spiro atoms. The highest BCUT2D eigenvalue weighted by molar-refractivity contribution is 5.67. The van der Waals surface area contributed by atoms with Crippen LogP contribution in [0.1, 0.15) is 11.1 Å². The molecule has 0 saturated heterocycles. The van der Waals surface area contributed by atoms with Crippen LogP contribution in [0.25, 0.3) is 0 Å². The average molecular weight is 235 g/mol. The molecule has 92 valence electrons. The second-order valence-corrected chi connectivity index (χ2v) is 4.35. The summed E-state index contributed by atoms with van der Waals surface area (Å²) in [5.74, 6) is 0. The zero-order valence-electron chi connectivity index (χ0n) is 10.2. The van der Waals surface area contributed by atoms with Gasteiger partial charge in [-0.05, 0) is 11.1 Å². The molecule has 0 saturated carbocycles. The fourth-order valence-electron chi connectivity index (χ4n) is 2.31. The van der Waals surface area contributed by atoms with E-state index in [4.69, 9.17) is 4.74 Å². The van der Waals surface area contributed by atoms with Crippen LogP contribution >= 0.6 is 0 Å². The number of hydrogen-bond acceptors (Lipinski definition) is 3. The van der Waals surface area contributed by atoms with E-state index in [2.05, 4.69) is 22.2 Å². The quantitative estimate of drug-likeness (QED) is 0.864. The molecule has 2 rings (SSSR count). The number of carbonyl (C=O) groups excluding carboxylic acids is 1. The Hall–Kier alpha value is -1.55. The highest BCUT2D eigenvalue weighted by Crippen LogP contribution is 2.31. The smallest absolute Gasteiger partial charge is 0.406 e. The number of hydrogen-bond donors (Lipinski definition) is 1. The number of benzene rings is 1. The van der Waals surface area contributed by atoms with Gasteiger partial charge < -0.3 is 14.8 Å². The zero-order chi connectivity index (χ0) is 12.3. The summed E-state index contributed by atoms with van der Waals surface area (Å²) in [5.41, 5.74) is 2.25. The van der Waals surface area contributed by atoms with Crippen LogP contribution in [0.3, 0.4) is 0 Å². The molecule has 1 aromatic rings. The van der Waals surface area contributed by atoms with E-state index in [-0.39, 0.29) is 5.60 Å². The summed E-state index contributed by atoms with van der Waals surface area (Å²) in [6.07, 6.45) is 1.23. The highest BCUT2D eigenvalue weighted by Gasteiger charge is 2.37. The van der Waals surface area contributed by atoms with E-state index in [1.807, 2.05) is 12.1 Å². The van der Waals surface area contributed by atoms with Crippen LogP contribution in [0, 0.1) is 0 Å².